The Morgan fingerprint density at radius 3 is 2.61 bits per heavy atom. The van der Waals surface area contributed by atoms with Gasteiger partial charge in [-0.15, -0.1) is 0 Å². The second-order valence-corrected chi connectivity index (χ2v) is 13.1. The molecule has 5 nitrogen and oxygen atoms in total. The molecule has 0 amide bonds. The molecule has 184 valence electrons. The third kappa shape index (κ3) is 4.22. The fourth-order valence-corrected chi connectivity index (χ4v) is 9.35. The lowest BCUT2D eigenvalue weighted by atomic mass is 9.48. The average Bonchev–Trinajstić information content (AvgIpc) is 3.26. The summed E-state index contributed by atoms with van der Waals surface area (Å²) in [5.41, 5.74) is 0.779. The van der Waals surface area contributed by atoms with Crippen LogP contribution in [-0.2, 0) is 11.3 Å². The van der Waals surface area contributed by atoms with Crippen molar-refractivity contribution in [3.05, 3.63) is 18.0 Å². The fraction of sp³-hybridized carbons (Fsp3) is 0.857. The van der Waals surface area contributed by atoms with Gasteiger partial charge in [0.2, 0.25) is 0 Å². The minimum Gasteiger partial charge on any atom is -0.390 e. The normalized spacial score (nSPS) is 44.9. The van der Waals surface area contributed by atoms with Gasteiger partial charge in [-0.05, 0) is 126 Å². The smallest absolute Gasteiger partial charge is 0.157 e. The molecule has 0 saturated heterocycles. The summed E-state index contributed by atoms with van der Waals surface area (Å²) in [4.78, 5) is 16.0. The lowest BCUT2D eigenvalue weighted by Gasteiger charge is -2.57. The van der Waals surface area contributed by atoms with Crippen molar-refractivity contribution in [1.29, 1.82) is 0 Å². The van der Waals surface area contributed by atoms with Gasteiger partial charge in [0, 0.05) is 18.7 Å². The van der Waals surface area contributed by atoms with E-state index in [2.05, 4.69) is 37.9 Å². The maximum absolute atomic E-state index is 13.7. The molecular formula is C28H45N3O2. The molecule has 4 saturated carbocycles. The third-order valence-corrected chi connectivity index (χ3v) is 10.4. The van der Waals surface area contributed by atoms with Gasteiger partial charge < -0.3 is 10.0 Å². The molecule has 0 radical (unpaired) electrons. The van der Waals surface area contributed by atoms with Crippen LogP contribution in [0.2, 0.25) is 0 Å². The Morgan fingerprint density at radius 1 is 1.15 bits per heavy atom. The van der Waals surface area contributed by atoms with Crippen LogP contribution in [0.4, 0.5) is 0 Å². The first-order chi connectivity index (χ1) is 15.6. The second-order valence-electron chi connectivity index (χ2n) is 13.1. The predicted octanol–water partition coefficient (Wildman–Crippen LogP) is 4.57. The lowest BCUT2D eigenvalue weighted by molar-refractivity contribution is -0.134. The van der Waals surface area contributed by atoms with Gasteiger partial charge in [0.05, 0.1) is 18.3 Å². The van der Waals surface area contributed by atoms with Crippen LogP contribution >= 0.6 is 0 Å². The van der Waals surface area contributed by atoms with Gasteiger partial charge in [0.25, 0.3) is 0 Å². The molecule has 1 aromatic rings. The Balaban J connectivity index is 1.40. The molecule has 4 aliphatic carbocycles. The zero-order valence-electron chi connectivity index (χ0n) is 21.5. The summed E-state index contributed by atoms with van der Waals surface area (Å²) >= 11 is 0. The van der Waals surface area contributed by atoms with Crippen molar-refractivity contribution >= 4 is 5.78 Å². The zero-order valence-corrected chi connectivity index (χ0v) is 21.5. The SMILES string of the molecule is Cc1cnn(CC(=O)[C@H]2C[C@@H](CN(C)C)[C@H]3[C@@H]4CC[C@@H]5C[C@](C)(O)CC[C@@H]5[C@H]4CC[C@@]32C)c1. The highest BCUT2D eigenvalue weighted by Gasteiger charge is 2.61. The molecule has 0 aromatic carbocycles. The number of fused-ring (bicyclic) bond motifs is 5. The van der Waals surface area contributed by atoms with Crippen molar-refractivity contribution in [3.8, 4) is 0 Å². The molecule has 4 fully saturated rings. The minimum atomic E-state index is -0.458. The van der Waals surface area contributed by atoms with Crippen LogP contribution in [0, 0.1) is 53.8 Å². The highest BCUT2D eigenvalue weighted by atomic mass is 16.3. The van der Waals surface area contributed by atoms with E-state index in [0.717, 1.165) is 49.1 Å². The van der Waals surface area contributed by atoms with Crippen molar-refractivity contribution < 1.29 is 9.90 Å². The van der Waals surface area contributed by atoms with Crippen LogP contribution in [-0.4, -0.2) is 51.8 Å². The quantitative estimate of drug-likeness (QED) is 0.707. The molecule has 33 heavy (non-hydrogen) atoms. The minimum absolute atomic E-state index is 0.119. The van der Waals surface area contributed by atoms with E-state index in [1.807, 2.05) is 24.0 Å². The van der Waals surface area contributed by atoms with E-state index in [0.29, 0.717) is 30.1 Å². The van der Waals surface area contributed by atoms with E-state index >= 15 is 0 Å². The first kappa shape index (κ1) is 23.5. The van der Waals surface area contributed by atoms with Gasteiger partial charge in [-0.25, -0.2) is 0 Å². The van der Waals surface area contributed by atoms with Crippen molar-refractivity contribution in [2.45, 2.75) is 84.3 Å². The number of rotatable bonds is 5. The van der Waals surface area contributed by atoms with Crippen LogP contribution in [0.25, 0.3) is 0 Å². The zero-order chi connectivity index (χ0) is 23.5. The summed E-state index contributed by atoms with van der Waals surface area (Å²) in [6, 6.07) is 0. The van der Waals surface area contributed by atoms with E-state index in [1.165, 1.54) is 32.1 Å². The van der Waals surface area contributed by atoms with Crippen LogP contribution in [0.3, 0.4) is 0 Å². The highest BCUT2D eigenvalue weighted by molar-refractivity contribution is 5.82. The number of hydrogen-bond acceptors (Lipinski definition) is 4. The highest BCUT2D eigenvalue weighted by Crippen LogP contribution is 2.66. The van der Waals surface area contributed by atoms with Crippen LogP contribution in [0.1, 0.15) is 70.8 Å². The van der Waals surface area contributed by atoms with Gasteiger partial charge in [-0.1, -0.05) is 6.92 Å². The fourth-order valence-electron chi connectivity index (χ4n) is 9.35. The van der Waals surface area contributed by atoms with Crippen molar-refractivity contribution in [1.82, 2.24) is 14.7 Å². The summed E-state index contributed by atoms with van der Waals surface area (Å²) < 4.78 is 1.85. The molecule has 9 atom stereocenters. The Morgan fingerprint density at radius 2 is 1.91 bits per heavy atom. The number of ketones is 1. The molecule has 0 aliphatic heterocycles. The Hall–Kier alpha value is -1.20. The monoisotopic (exact) mass is 455 g/mol. The third-order valence-electron chi connectivity index (χ3n) is 10.4. The number of hydrogen-bond donors (Lipinski definition) is 1. The van der Waals surface area contributed by atoms with E-state index in [-0.39, 0.29) is 11.3 Å². The van der Waals surface area contributed by atoms with E-state index < -0.39 is 5.60 Å². The van der Waals surface area contributed by atoms with Gasteiger partial charge in [-0.3, -0.25) is 9.48 Å². The van der Waals surface area contributed by atoms with Crippen molar-refractivity contribution in [2.24, 2.45) is 46.8 Å². The summed E-state index contributed by atoms with van der Waals surface area (Å²) in [7, 11) is 4.39. The van der Waals surface area contributed by atoms with E-state index in [4.69, 9.17) is 0 Å². The Bertz CT molecular complexity index is 876. The summed E-state index contributed by atoms with van der Waals surface area (Å²) in [6.07, 6.45) is 13.1. The summed E-state index contributed by atoms with van der Waals surface area (Å²) in [5, 5.41) is 15.1. The average molecular weight is 456 g/mol. The standard InChI is InChI=1S/C28H45N3O2/c1-18-14-29-31(15-18)17-25(32)24-12-20(16-30(4)5)26-23-7-6-19-13-27(2,33)10-8-21(19)22(23)9-11-28(24,26)3/h14-15,19-24,26,33H,6-13,16-17H2,1-5H3/t19-,20+,21+,22-,23-,24-,26+,27-,28-/m1/s1. The molecule has 1 N–H and O–H groups in total. The Labute approximate surface area is 200 Å². The number of aliphatic hydroxyl groups is 1. The first-order valence-electron chi connectivity index (χ1n) is 13.5. The van der Waals surface area contributed by atoms with Gasteiger partial charge >= 0.3 is 0 Å². The van der Waals surface area contributed by atoms with Gasteiger partial charge in [0.15, 0.2) is 5.78 Å². The van der Waals surface area contributed by atoms with E-state index in [9.17, 15) is 9.90 Å². The number of aryl methyl sites for hydroxylation is 1. The molecule has 0 bridgehead atoms. The van der Waals surface area contributed by atoms with Crippen LogP contribution in [0.15, 0.2) is 12.4 Å². The number of Topliss-reactive ketones (excluding diaryl/α,β-unsaturated/α-hetero) is 1. The molecule has 1 aromatic heterocycles. The van der Waals surface area contributed by atoms with Crippen molar-refractivity contribution in [2.75, 3.05) is 20.6 Å². The number of carbonyl (C=O) groups is 1. The van der Waals surface area contributed by atoms with Gasteiger partial charge in [0.1, 0.15) is 0 Å². The maximum atomic E-state index is 13.7. The number of aromatic nitrogens is 2. The van der Waals surface area contributed by atoms with Gasteiger partial charge in [-0.2, -0.15) is 5.10 Å². The molecule has 5 rings (SSSR count). The van der Waals surface area contributed by atoms with E-state index in [1.54, 1.807) is 0 Å². The summed E-state index contributed by atoms with van der Waals surface area (Å²) in [5.74, 6) is 4.84. The molecule has 4 aliphatic rings. The Kier molecular flexibility index (Phi) is 6.05. The lowest BCUT2D eigenvalue weighted by Crippen LogP contribution is -2.52. The number of carbonyl (C=O) groups excluding carboxylic acids is 1. The number of nitrogens with zero attached hydrogens (tertiary/aromatic N) is 3. The van der Waals surface area contributed by atoms with Crippen molar-refractivity contribution in [3.63, 3.8) is 0 Å². The van der Waals surface area contributed by atoms with Crippen LogP contribution < -0.4 is 0 Å². The largest absolute Gasteiger partial charge is 0.390 e. The molecule has 5 heteroatoms. The first-order valence-corrected chi connectivity index (χ1v) is 13.5. The summed E-state index contributed by atoms with van der Waals surface area (Å²) in [6.45, 7) is 8.07. The molecule has 0 unspecified atom stereocenters. The molecule has 0 spiro atoms. The maximum Gasteiger partial charge on any atom is 0.157 e. The topological polar surface area (TPSA) is 58.4 Å². The molecular weight excluding hydrogens is 410 g/mol. The predicted molar refractivity (Wildman–Crippen MR) is 131 cm³/mol. The molecule has 1 heterocycles. The second kappa shape index (κ2) is 8.48. The van der Waals surface area contributed by atoms with Crippen LogP contribution in [0.5, 0.6) is 0 Å².